The summed E-state index contributed by atoms with van der Waals surface area (Å²) in [7, 11) is 1.69. The minimum absolute atomic E-state index is 0.554. The second kappa shape index (κ2) is 6.69. The molecule has 0 radical (unpaired) electrons. The van der Waals surface area contributed by atoms with Gasteiger partial charge in [0.1, 0.15) is 18.1 Å². The molecule has 0 spiro atoms. The van der Waals surface area contributed by atoms with Crippen molar-refractivity contribution in [2.24, 2.45) is 0 Å². The number of rotatable bonds is 4. The van der Waals surface area contributed by atoms with E-state index in [9.17, 15) is 0 Å². The Morgan fingerprint density at radius 3 is 3.17 bits per heavy atom. The molecule has 0 aliphatic carbocycles. The van der Waals surface area contributed by atoms with Gasteiger partial charge in [-0.1, -0.05) is 0 Å². The van der Waals surface area contributed by atoms with Gasteiger partial charge in [-0.05, 0) is 55.3 Å². The van der Waals surface area contributed by atoms with Crippen molar-refractivity contribution >= 4 is 6.08 Å². The standard InChI is InChI=1S/C19H23N3O2/c1-23-17-4-5-19-16(10-17)9-14(13-24-19)11-22-8-2-3-15(12-22)18-6-7-20-21-18/h4-7,9-10,15H,2-3,8,11-13H2,1H3,(H,20,21)/t15-/m1/s1. The molecule has 1 saturated heterocycles. The number of hydrogen-bond acceptors (Lipinski definition) is 4. The van der Waals surface area contributed by atoms with Crippen molar-refractivity contribution in [2.45, 2.75) is 18.8 Å². The third kappa shape index (κ3) is 3.17. The van der Waals surface area contributed by atoms with Gasteiger partial charge in [0.05, 0.1) is 7.11 Å². The summed E-state index contributed by atoms with van der Waals surface area (Å²) in [5, 5.41) is 7.22. The topological polar surface area (TPSA) is 50.4 Å². The summed E-state index contributed by atoms with van der Waals surface area (Å²) in [6, 6.07) is 8.06. The van der Waals surface area contributed by atoms with E-state index in [2.05, 4.69) is 27.2 Å². The summed E-state index contributed by atoms with van der Waals surface area (Å²) >= 11 is 0. The van der Waals surface area contributed by atoms with Crippen molar-refractivity contribution in [1.82, 2.24) is 15.1 Å². The number of piperidine rings is 1. The lowest BCUT2D eigenvalue weighted by Gasteiger charge is -2.33. The molecule has 2 aliphatic heterocycles. The molecule has 2 aliphatic rings. The fourth-order valence-corrected chi connectivity index (χ4v) is 3.66. The molecule has 5 nitrogen and oxygen atoms in total. The summed E-state index contributed by atoms with van der Waals surface area (Å²) in [5.41, 5.74) is 3.68. The lowest BCUT2D eigenvalue weighted by Crippen LogP contribution is -2.36. The molecule has 3 heterocycles. The molecule has 1 fully saturated rings. The van der Waals surface area contributed by atoms with Gasteiger partial charge in [-0.25, -0.2) is 0 Å². The van der Waals surface area contributed by atoms with Crippen LogP contribution in [0.1, 0.15) is 30.0 Å². The highest BCUT2D eigenvalue weighted by molar-refractivity contribution is 5.64. The van der Waals surface area contributed by atoms with E-state index < -0.39 is 0 Å². The molecule has 2 aromatic rings. The van der Waals surface area contributed by atoms with Crippen LogP contribution in [0.25, 0.3) is 6.08 Å². The number of aromatic amines is 1. The molecule has 0 amide bonds. The van der Waals surface area contributed by atoms with Gasteiger partial charge in [0, 0.05) is 36.5 Å². The molecule has 1 atom stereocenters. The predicted octanol–water partition coefficient (Wildman–Crippen LogP) is 3.07. The second-order valence-corrected chi connectivity index (χ2v) is 6.58. The molecule has 4 rings (SSSR count). The Hall–Kier alpha value is -2.27. The predicted molar refractivity (Wildman–Crippen MR) is 93.5 cm³/mol. The number of H-pyrrole nitrogens is 1. The van der Waals surface area contributed by atoms with Crippen LogP contribution in [-0.4, -0.2) is 48.4 Å². The summed E-state index contributed by atoms with van der Waals surface area (Å²) in [6.07, 6.45) is 6.55. The van der Waals surface area contributed by atoms with Crippen molar-refractivity contribution in [3.8, 4) is 11.5 Å². The van der Waals surface area contributed by atoms with Gasteiger partial charge in [-0.2, -0.15) is 5.10 Å². The van der Waals surface area contributed by atoms with Crippen LogP contribution in [0.3, 0.4) is 0 Å². The van der Waals surface area contributed by atoms with Crippen LogP contribution >= 0.6 is 0 Å². The molecule has 1 N–H and O–H groups in total. The highest BCUT2D eigenvalue weighted by atomic mass is 16.5. The number of benzene rings is 1. The first kappa shape index (κ1) is 15.3. The molecule has 126 valence electrons. The first-order valence-electron chi connectivity index (χ1n) is 8.54. The normalized spacial score (nSPS) is 20.9. The Labute approximate surface area is 142 Å². The molecule has 0 bridgehead atoms. The van der Waals surface area contributed by atoms with E-state index in [0.717, 1.165) is 36.7 Å². The number of nitrogens with zero attached hydrogens (tertiary/aromatic N) is 2. The quantitative estimate of drug-likeness (QED) is 0.938. The molecule has 24 heavy (non-hydrogen) atoms. The summed E-state index contributed by atoms with van der Waals surface area (Å²) in [6.45, 7) is 3.85. The van der Waals surface area contributed by atoms with Gasteiger partial charge in [0.15, 0.2) is 0 Å². The molecule has 0 saturated carbocycles. The Kier molecular flexibility index (Phi) is 4.26. The van der Waals surface area contributed by atoms with Crippen molar-refractivity contribution in [3.63, 3.8) is 0 Å². The first-order valence-corrected chi connectivity index (χ1v) is 8.54. The van der Waals surface area contributed by atoms with Crippen LogP contribution in [-0.2, 0) is 0 Å². The van der Waals surface area contributed by atoms with Crippen LogP contribution in [0.2, 0.25) is 0 Å². The molecule has 1 aromatic heterocycles. The highest BCUT2D eigenvalue weighted by Gasteiger charge is 2.23. The number of aromatic nitrogens is 2. The van der Waals surface area contributed by atoms with Crippen molar-refractivity contribution in [2.75, 3.05) is 33.4 Å². The molecule has 5 heteroatoms. The van der Waals surface area contributed by atoms with E-state index in [0.29, 0.717) is 12.5 Å². The van der Waals surface area contributed by atoms with Gasteiger partial charge in [-0.15, -0.1) is 0 Å². The maximum Gasteiger partial charge on any atom is 0.127 e. The molecule has 1 aromatic carbocycles. The fourth-order valence-electron chi connectivity index (χ4n) is 3.66. The highest BCUT2D eigenvalue weighted by Crippen LogP contribution is 2.31. The number of fused-ring (bicyclic) bond motifs is 1. The zero-order valence-corrected chi connectivity index (χ0v) is 14.0. The van der Waals surface area contributed by atoms with Crippen LogP contribution in [0.15, 0.2) is 36.0 Å². The third-order valence-corrected chi connectivity index (χ3v) is 4.88. The smallest absolute Gasteiger partial charge is 0.127 e. The van der Waals surface area contributed by atoms with E-state index >= 15 is 0 Å². The number of ether oxygens (including phenoxy) is 2. The summed E-state index contributed by atoms with van der Waals surface area (Å²) in [5.74, 6) is 2.36. The number of hydrogen-bond donors (Lipinski definition) is 1. The Balaban J connectivity index is 1.46. The fraction of sp³-hybridized carbons (Fsp3) is 0.421. The van der Waals surface area contributed by atoms with E-state index in [1.807, 2.05) is 24.4 Å². The number of likely N-dealkylation sites (tertiary alicyclic amines) is 1. The average Bonchev–Trinajstić information content (AvgIpc) is 3.16. The maximum absolute atomic E-state index is 5.91. The van der Waals surface area contributed by atoms with Crippen LogP contribution in [0.4, 0.5) is 0 Å². The van der Waals surface area contributed by atoms with Crippen LogP contribution in [0.5, 0.6) is 11.5 Å². The SMILES string of the molecule is COc1ccc2c(c1)C=C(CN1CCC[C@@H](c3ccn[nH]3)C1)CO2. The van der Waals surface area contributed by atoms with E-state index in [1.54, 1.807) is 7.11 Å². The van der Waals surface area contributed by atoms with Gasteiger partial charge in [0.2, 0.25) is 0 Å². The zero-order valence-electron chi connectivity index (χ0n) is 14.0. The largest absolute Gasteiger partial charge is 0.497 e. The van der Waals surface area contributed by atoms with Crippen LogP contribution in [0, 0.1) is 0 Å². The van der Waals surface area contributed by atoms with Crippen molar-refractivity contribution in [3.05, 3.63) is 47.3 Å². The Morgan fingerprint density at radius 2 is 2.33 bits per heavy atom. The van der Waals surface area contributed by atoms with Gasteiger partial charge >= 0.3 is 0 Å². The second-order valence-electron chi connectivity index (χ2n) is 6.58. The van der Waals surface area contributed by atoms with E-state index in [4.69, 9.17) is 9.47 Å². The van der Waals surface area contributed by atoms with Crippen molar-refractivity contribution < 1.29 is 9.47 Å². The molecular weight excluding hydrogens is 302 g/mol. The Morgan fingerprint density at radius 1 is 1.38 bits per heavy atom. The first-order chi connectivity index (χ1) is 11.8. The summed E-state index contributed by atoms with van der Waals surface area (Å²) in [4.78, 5) is 2.52. The molecular formula is C19H23N3O2. The minimum atomic E-state index is 0.554. The van der Waals surface area contributed by atoms with E-state index in [-0.39, 0.29) is 0 Å². The monoisotopic (exact) mass is 325 g/mol. The lowest BCUT2D eigenvalue weighted by atomic mass is 9.94. The van der Waals surface area contributed by atoms with Gasteiger partial charge in [-0.3, -0.25) is 10.00 Å². The van der Waals surface area contributed by atoms with Crippen LogP contribution < -0.4 is 9.47 Å². The number of methoxy groups -OCH3 is 1. The third-order valence-electron chi connectivity index (χ3n) is 4.88. The number of nitrogens with one attached hydrogen (secondary N) is 1. The molecule has 0 unspecified atom stereocenters. The van der Waals surface area contributed by atoms with Crippen molar-refractivity contribution in [1.29, 1.82) is 0 Å². The van der Waals surface area contributed by atoms with E-state index in [1.165, 1.54) is 24.1 Å². The lowest BCUT2D eigenvalue weighted by molar-refractivity contribution is 0.213. The van der Waals surface area contributed by atoms with Gasteiger partial charge in [0.25, 0.3) is 0 Å². The zero-order chi connectivity index (χ0) is 16.4. The average molecular weight is 325 g/mol. The summed E-state index contributed by atoms with van der Waals surface area (Å²) < 4.78 is 11.2. The minimum Gasteiger partial charge on any atom is -0.497 e. The van der Waals surface area contributed by atoms with Gasteiger partial charge < -0.3 is 9.47 Å². The maximum atomic E-state index is 5.91. The Bertz CT molecular complexity index is 724.